The number of nitro benzene ring substituents is 1. The van der Waals surface area contributed by atoms with Crippen molar-refractivity contribution in [3.8, 4) is 0 Å². The first-order valence-electron chi connectivity index (χ1n) is 8.43. The van der Waals surface area contributed by atoms with E-state index in [0.29, 0.717) is 12.8 Å². The molecule has 27 heavy (non-hydrogen) atoms. The van der Waals surface area contributed by atoms with Crippen LogP contribution in [0.25, 0.3) is 0 Å². The zero-order valence-electron chi connectivity index (χ0n) is 14.7. The lowest BCUT2D eigenvalue weighted by atomic mass is 9.81. The van der Waals surface area contributed by atoms with Crippen molar-refractivity contribution in [1.29, 1.82) is 0 Å². The molecule has 0 saturated heterocycles. The number of nitrogens with zero attached hydrogens (tertiary/aromatic N) is 1. The van der Waals surface area contributed by atoms with Crippen LogP contribution in [0.4, 0.5) is 11.4 Å². The number of amides is 2. The Hall–Kier alpha value is -2.68. The minimum absolute atomic E-state index is 0.0427. The topological polar surface area (TPSA) is 128 Å². The van der Waals surface area contributed by atoms with E-state index in [1.165, 1.54) is 19.1 Å². The van der Waals surface area contributed by atoms with Crippen LogP contribution in [0.1, 0.15) is 39.0 Å². The number of carbonyl (C=O) groups is 3. The molecule has 0 bridgehead atoms. The Bertz CT molecular complexity index is 761. The number of rotatable bonds is 6. The van der Waals surface area contributed by atoms with Gasteiger partial charge in [-0.3, -0.25) is 19.7 Å². The molecule has 0 spiro atoms. The maximum absolute atomic E-state index is 12.5. The van der Waals surface area contributed by atoms with E-state index in [0.717, 1.165) is 25.3 Å². The molecule has 0 aliphatic heterocycles. The summed E-state index contributed by atoms with van der Waals surface area (Å²) in [6, 6.07) is 3.61. The van der Waals surface area contributed by atoms with E-state index in [2.05, 4.69) is 10.6 Å². The summed E-state index contributed by atoms with van der Waals surface area (Å²) in [6.45, 7) is 0.722. The molecule has 0 heterocycles. The quantitative estimate of drug-likeness (QED) is 0.431. The molecule has 10 heteroatoms. The van der Waals surface area contributed by atoms with Gasteiger partial charge in [0.25, 0.3) is 11.6 Å². The highest BCUT2D eigenvalue weighted by Crippen LogP contribution is 2.30. The number of hydrogen-bond donors (Lipinski definition) is 2. The van der Waals surface area contributed by atoms with Crippen LogP contribution in [-0.4, -0.2) is 34.9 Å². The molecule has 0 atom stereocenters. The van der Waals surface area contributed by atoms with Crippen molar-refractivity contribution in [2.45, 2.75) is 44.6 Å². The number of esters is 1. The van der Waals surface area contributed by atoms with Crippen LogP contribution in [0.5, 0.6) is 0 Å². The van der Waals surface area contributed by atoms with Crippen molar-refractivity contribution in [2.24, 2.45) is 0 Å². The molecule has 1 aliphatic carbocycles. The molecule has 0 radical (unpaired) electrons. The van der Waals surface area contributed by atoms with Gasteiger partial charge in [0, 0.05) is 19.1 Å². The fraction of sp³-hybridized carbons (Fsp3) is 0.471. The number of anilines is 1. The number of halogens is 1. The van der Waals surface area contributed by atoms with E-state index in [1.807, 2.05) is 0 Å². The molecule has 9 nitrogen and oxygen atoms in total. The molecule has 2 rings (SSSR count). The Balaban J connectivity index is 2.00. The van der Waals surface area contributed by atoms with Crippen LogP contribution in [0, 0.1) is 10.1 Å². The third kappa shape index (κ3) is 5.40. The summed E-state index contributed by atoms with van der Waals surface area (Å²) in [7, 11) is 0. The Morgan fingerprint density at radius 2 is 1.93 bits per heavy atom. The third-order valence-corrected chi connectivity index (χ3v) is 4.61. The summed E-state index contributed by atoms with van der Waals surface area (Å²) < 4.78 is 5.09. The Morgan fingerprint density at radius 1 is 1.26 bits per heavy atom. The summed E-state index contributed by atoms with van der Waals surface area (Å²) in [6.07, 6.45) is 3.39. The summed E-state index contributed by atoms with van der Waals surface area (Å²) in [5.41, 5.74) is -1.31. The minimum atomic E-state index is -1.12. The molecule has 1 aromatic rings. The van der Waals surface area contributed by atoms with Crippen molar-refractivity contribution in [2.75, 3.05) is 11.9 Å². The molecule has 1 saturated carbocycles. The number of ether oxygens (including phenoxy) is 1. The van der Waals surface area contributed by atoms with Gasteiger partial charge in [0.2, 0.25) is 5.91 Å². The van der Waals surface area contributed by atoms with Crippen LogP contribution >= 0.6 is 11.6 Å². The molecule has 1 aromatic carbocycles. The highest BCUT2D eigenvalue weighted by atomic mass is 35.5. The van der Waals surface area contributed by atoms with Gasteiger partial charge in [0.05, 0.1) is 15.6 Å². The van der Waals surface area contributed by atoms with Crippen LogP contribution < -0.4 is 10.6 Å². The van der Waals surface area contributed by atoms with Gasteiger partial charge in [-0.05, 0) is 18.9 Å². The normalized spacial score (nSPS) is 15.5. The van der Waals surface area contributed by atoms with Crippen LogP contribution in [0.2, 0.25) is 5.02 Å². The maximum atomic E-state index is 12.5. The first kappa shape index (κ1) is 20.6. The van der Waals surface area contributed by atoms with E-state index in [9.17, 15) is 24.5 Å². The van der Waals surface area contributed by atoms with Crippen molar-refractivity contribution < 1.29 is 24.0 Å². The SMILES string of the molecule is CC(=O)NC1(C(=O)OCC(=O)Nc2cc([N+](=O)[O-])ccc2Cl)CCCCC1. The van der Waals surface area contributed by atoms with Crippen molar-refractivity contribution in [3.05, 3.63) is 33.3 Å². The molecule has 146 valence electrons. The average molecular weight is 398 g/mol. The zero-order valence-corrected chi connectivity index (χ0v) is 15.5. The Kier molecular flexibility index (Phi) is 6.73. The Morgan fingerprint density at radius 3 is 2.52 bits per heavy atom. The van der Waals surface area contributed by atoms with Gasteiger partial charge in [-0.25, -0.2) is 4.79 Å². The highest BCUT2D eigenvalue weighted by molar-refractivity contribution is 6.33. The summed E-state index contributed by atoms with van der Waals surface area (Å²) in [4.78, 5) is 46.2. The summed E-state index contributed by atoms with van der Waals surface area (Å²) >= 11 is 5.92. The van der Waals surface area contributed by atoms with E-state index in [4.69, 9.17) is 16.3 Å². The molecule has 2 amide bonds. The predicted molar refractivity (Wildman–Crippen MR) is 97.3 cm³/mol. The number of hydrogen-bond acceptors (Lipinski definition) is 6. The van der Waals surface area contributed by atoms with Gasteiger partial charge >= 0.3 is 5.97 Å². The number of non-ortho nitro benzene ring substituents is 1. The second-order valence-corrected chi connectivity index (χ2v) is 6.78. The lowest BCUT2D eigenvalue weighted by Gasteiger charge is -2.35. The Labute approximate surface area is 160 Å². The standard InChI is InChI=1S/C17H20ClN3O6/c1-11(22)20-17(7-3-2-4-8-17)16(24)27-10-15(23)19-14-9-12(21(25)26)5-6-13(14)18/h5-6,9H,2-4,7-8,10H2,1H3,(H,19,23)(H,20,22). The number of nitro groups is 1. The van der Waals surface area contributed by atoms with Crippen LogP contribution in [0.3, 0.4) is 0 Å². The minimum Gasteiger partial charge on any atom is -0.454 e. The fourth-order valence-corrected chi connectivity index (χ4v) is 3.22. The fourth-order valence-electron chi connectivity index (χ4n) is 3.05. The van der Waals surface area contributed by atoms with Crippen molar-refractivity contribution >= 4 is 40.8 Å². The molecule has 0 aromatic heterocycles. The molecule has 1 fully saturated rings. The average Bonchev–Trinajstić information content (AvgIpc) is 2.61. The van der Waals surface area contributed by atoms with E-state index >= 15 is 0 Å². The van der Waals surface area contributed by atoms with E-state index < -0.39 is 28.9 Å². The lowest BCUT2D eigenvalue weighted by Crippen LogP contribution is -2.56. The van der Waals surface area contributed by atoms with Gasteiger partial charge in [-0.15, -0.1) is 0 Å². The molecule has 1 aliphatic rings. The second kappa shape index (κ2) is 8.81. The first-order chi connectivity index (χ1) is 12.7. The molecular formula is C17H20ClN3O6. The predicted octanol–water partition coefficient (Wildman–Crippen LogP) is 2.57. The zero-order chi connectivity index (χ0) is 20.0. The van der Waals surface area contributed by atoms with Crippen LogP contribution in [0.15, 0.2) is 18.2 Å². The monoisotopic (exact) mass is 397 g/mol. The smallest absolute Gasteiger partial charge is 0.332 e. The van der Waals surface area contributed by atoms with Gasteiger partial charge in [0.1, 0.15) is 5.54 Å². The van der Waals surface area contributed by atoms with Gasteiger partial charge in [-0.2, -0.15) is 0 Å². The number of benzene rings is 1. The number of carbonyl (C=O) groups excluding carboxylic acids is 3. The lowest BCUT2D eigenvalue weighted by molar-refractivity contribution is -0.384. The summed E-state index contributed by atoms with van der Waals surface area (Å²) in [5, 5.41) is 16.0. The van der Waals surface area contributed by atoms with E-state index in [1.54, 1.807) is 0 Å². The van der Waals surface area contributed by atoms with Gasteiger partial charge in [0.15, 0.2) is 6.61 Å². The van der Waals surface area contributed by atoms with Crippen molar-refractivity contribution in [1.82, 2.24) is 5.32 Å². The largest absolute Gasteiger partial charge is 0.454 e. The molecular weight excluding hydrogens is 378 g/mol. The summed E-state index contributed by atoms with van der Waals surface area (Å²) in [5.74, 6) is -1.71. The maximum Gasteiger partial charge on any atom is 0.332 e. The van der Waals surface area contributed by atoms with Gasteiger partial charge < -0.3 is 15.4 Å². The second-order valence-electron chi connectivity index (χ2n) is 6.37. The van der Waals surface area contributed by atoms with Gasteiger partial charge in [-0.1, -0.05) is 30.9 Å². The molecule has 0 unspecified atom stereocenters. The number of nitrogens with one attached hydrogen (secondary N) is 2. The van der Waals surface area contributed by atoms with Crippen LogP contribution in [-0.2, 0) is 19.1 Å². The molecule has 2 N–H and O–H groups in total. The highest BCUT2D eigenvalue weighted by Gasteiger charge is 2.42. The van der Waals surface area contributed by atoms with Crippen molar-refractivity contribution in [3.63, 3.8) is 0 Å². The van der Waals surface area contributed by atoms with E-state index in [-0.39, 0.29) is 22.3 Å². The third-order valence-electron chi connectivity index (χ3n) is 4.28. The first-order valence-corrected chi connectivity index (χ1v) is 8.81.